The van der Waals surface area contributed by atoms with Crippen LogP contribution in [0.3, 0.4) is 0 Å². The molecule has 1 unspecified atom stereocenters. The molecule has 2 aromatic rings. The zero-order valence-corrected chi connectivity index (χ0v) is 19.8. The van der Waals surface area contributed by atoms with Gasteiger partial charge in [-0.15, -0.1) is 35.3 Å². The lowest BCUT2D eigenvalue weighted by Gasteiger charge is -2.24. The highest BCUT2D eigenvalue weighted by molar-refractivity contribution is 14.0. The van der Waals surface area contributed by atoms with Gasteiger partial charge in [-0.05, 0) is 51.0 Å². The summed E-state index contributed by atoms with van der Waals surface area (Å²) < 4.78 is 11.0. The summed E-state index contributed by atoms with van der Waals surface area (Å²) in [5.74, 6) is 1.65. The van der Waals surface area contributed by atoms with E-state index in [2.05, 4.69) is 34.9 Å². The Morgan fingerprint density at radius 2 is 2.11 bits per heavy atom. The summed E-state index contributed by atoms with van der Waals surface area (Å²) in [4.78, 5) is 9.38. The smallest absolute Gasteiger partial charge is 0.191 e. The number of guanidine groups is 1. The van der Waals surface area contributed by atoms with Gasteiger partial charge in [0.1, 0.15) is 10.8 Å². The predicted molar refractivity (Wildman–Crippen MR) is 126 cm³/mol. The number of hydrogen-bond acceptors (Lipinski definition) is 5. The van der Waals surface area contributed by atoms with E-state index in [0.29, 0.717) is 6.54 Å². The maximum absolute atomic E-state index is 5.84. The van der Waals surface area contributed by atoms with Crippen molar-refractivity contribution in [2.75, 3.05) is 26.8 Å². The number of nitrogens with zero attached hydrogens (tertiary/aromatic N) is 2. The Hall–Kier alpha value is -1.39. The molecule has 2 N–H and O–H groups in total. The van der Waals surface area contributed by atoms with Gasteiger partial charge >= 0.3 is 0 Å². The Morgan fingerprint density at radius 1 is 1.32 bits per heavy atom. The van der Waals surface area contributed by atoms with E-state index in [-0.39, 0.29) is 29.6 Å². The molecule has 1 aliphatic heterocycles. The maximum Gasteiger partial charge on any atom is 0.191 e. The molecule has 154 valence electrons. The first kappa shape index (κ1) is 22.9. The number of methoxy groups -OCH3 is 1. The lowest BCUT2D eigenvalue weighted by molar-refractivity contribution is 0.0243. The quantitative estimate of drug-likeness (QED) is 0.330. The molecule has 0 aliphatic carbocycles. The van der Waals surface area contributed by atoms with E-state index in [1.165, 1.54) is 0 Å². The Bertz CT molecular complexity index is 758. The molecule has 0 amide bonds. The van der Waals surface area contributed by atoms with Gasteiger partial charge in [0, 0.05) is 30.6 Å². The SMILES string of the molecule is CCNC(=NCc1csc(-c2ccc(OC)cc2)n1)NCC1(C)CCCO1.I. The van der Waals surface area contributed by atoms with Gasteiger partial charge in [-0.1, -0.05) is 0 Å². The monoisotopic (exact) mass is 516 g/mol. The number of nitrogens with one attached hydrogen (secondary N) is 2. The molecule has 0 bridgehead atoms. The summed E-state index contributed by atoms with van der Waals surface area (Å²) in [6.07, 6.45) is 2.20. The molecule has 0 saturated carbocycles. The molecule has 1 atom stereocenters. The number of hydrogen-bond donors (Lipinski definition) is 2. The fraction of sp³-hybridized carbons (Fsp3) is 0.500. The van der Waals surface area contributed by atoms with Crippen molar-refractivity contribution in [3.8, 4) is 16.3 Å². The van der Waals surface area contributed by atoms with Crippen molar-refractivity contribution in [1.29, 1.82) is 0 Å². The molecule has 1 aliphatic rings. The Kier molecular flexibility index (Phi) is 8.97. The van der Waals surface area contributed by atoms with Crippen LogP contribution in [0.4, 0.5) is 0 Å². The van der Waals surface area contributed by atoms with Crippen molar-refractivity contribution in [2.45, 2.75) is 38.8 Å². The molecule has 1 aromatic carbocycles. The van der Waals surface area contributed by atoms with E-state index in [0.717, 1.165) is 60.5 Å². The van der Waals surface area contributed by atoms with Crippen LogP contribution < -0.4 is 15.4 Å². The highest BCUT2D eigenvalue weighted by Crippen LogP contribution is 2.26. The number of ether oxygens (including phenoxy) is 2. The minimum atomic E-state index is -0.0989. The van der Waals surface area contributed by atoms with E-state index in [4.69, 9.17) is 14.5 Å². The molecule has 3 rings (SSSR count). The first-order chi connectivity index (χ1) is 13.1. The molecule has 2 heterocycles. The predicted octanol–water partition coefficient (Wildman–Crippen LogP) is 4.06. The third kappa shape index (κ3) is 6.31. The van der Waals surface area contributed by atoms with Crippen molar-refractivity contribution >= 4 is 41.3 Å². The van der Waals surface area contributed by atoms with Crippen LogP contribution in [0, 0.1) is 0 Å². The van der Waals surface area contributed by atoms with Gasteiger partial charge < -0.3 is 20.1 Å². The van der Waals surface area contributed by atoms with E-state index in [1.54, 1.807) is 18.4 Å². The Balaban J connectivity index is 0.00000280. The number of halogens is 1. The number of rotatable bonds is 7. The highest BCUT2D eigenvalue weighted by Gasteiger charge is 2.29. The van der Waals surface area contributed by atoms with Crippen LogP contribution >= 0.6 is 35.3 Å². The lowest BCUT2D eigenvalue weighted by atomic mass is 10.0. The molecule has 0 spiro atoms. The maximum atomic E-state index is 5.84. The Morgan fingerprint density at radius 3 is 2.75 bits per heavy atom. The summed E-state index contributed by atoms with van der Waals surface area (Å²) in [5, 5.41) is 9.75. The van der Waals surface area contributed by atoms with E-state index >= 15 is 0 Å². The third-order valence-electron chi connectivity index (χ3n) is 4.56. The van der Waals surface area contributed by atoms with E-state index in [1.807, 2.05) is 24.3 Å². The molecule has 28 heavy (non-hydrogen) atoms. The summed E-state index contributed by atoms with van der Waals surface area (Å²) in [6.45, 7) is 7.18. The van der Waals surface area contributed by atoms with Crippen molar-refractivity contribution in [1.82, 2.24) is 15.6 Å². The fourth-order valence-corrected chi connectivity index (χ4v) is 3.81. The van der Waals surface area contributed by atoms with Gasteiger partial charge in [-0.25, -0.2) is 9.98 Å². The summed E-state index contributed by atoms with van der Waals surface area (Å²) >= 11 is 1.63. The number of benzene rings is 1. The van der Waals surface area contributed by atoms with Gasteiger partial charge in [0.05, 0.1) is 24.9 Å². The molecule has 1 saturated heterocycles. The molecular weight excluding hydrogens is 487 g/mol. The van der Waals surface area contributed by atoms with Gasteiger partial charge in [-0.3, -0.25) is 0 Å². The zero-order valence-electron chi connectivity index (χ0n) is 16.7. The normalized spacial score (nSPS) is 19.2. The summed E-state index contributed by atoms with van der Waals surface area (Å²) in [7, 11) is 1.67. The van der Waals surface area contributed by atoms with Gasteiger partial charge in [-0.2, -0.15) is 0 Å². The second-order valence-electron chi connectivity index (χ2n) is 6.82. The topological polar surface area (TPSA) is 67.8 Å². The minimum absolute atomic E-state index is 0. The fourth-order valence-electron chi connectivity index (χ4n) is 2.99. The summed E-state index contributed by atoms with van der Waals surface area (Å²) in [5.41, 5.74) is 1.96. The van der Waals surface area contributed by atoms with E-state index in [9.17, 15) is 0 Å². The molecule has 1 aromatic heterocycles. The zero-order chi connectivity index (χ0) is 19.1. The number of aliphatic imine (C=N–C) groups is 1. The first-order valence-corrected chi connectivity index (χ1v) is 10.2. The van der Waals surface area contributed by atoms with Crippen molar-refractivity contribution in [3.63, 3.8) is 0 Å². The first-order valence-electron chi connectivity index (χ1n) is 9.37. The van der Waals surface area contributed by atoms with Crippen LogP contribution in [-0.2, 0) is 11.3 Å². The molecule has 6 nitrogen and oxygen atoms in total. The van der Waals surface area contributed by atoms with Gasteiger partial charge in [0.15, 0.2) is 5.96 Å². The van der Waals surface area contributed by atoms with Crippen molar-refractivity contribution < 1.29 is 9.47 Å². The second kappa shape index (κ2) is 11.0. The van der Waals surface area contributed by atoms with Crippen LogP contribution in [0.15, 0.2) is 34.6 Å². The molecule has 0 radical (unpaired) electrons. The average Bonchev–Trinajstić information content (AvgIpc) is 3.34. The van der Waals surface area contributed by atoms with Crippen LogP contribution in [0.1, 0.15) is 32.4 Å². The average molecular weight is 516 g/mol. The number of aromatic nitrogens is 1. The van der Waals surface area contributed by atoms with Crippen LogP contribution in [0.5, 0.6) is 5.75 Å². The third-order valence-corrected chi connectivity index (χ3v) is 5.50. The van der Waals surface area contributed by atoms with Crippen LogP contribution in [0.25, 0.3) is 10.6 Å². The molecule has 1 fully saturated rings. The van der Waals surface area contributed by atoms with E-state index < -0.39 is 0 Å². The number of thiazole rings is 1. The van der Waals surface area contributed by atoms with Gasteiger partial charge in [0.25, 0.3) is 0 Å². The minimum Gasteiger partial charge on any atom is -0.497 e. The molecular formula is C20H29IN4O2S. The Labute approximate surface area is 188 Å². The summed E-state index contributed by atoms with van der Waals surface area (Å²) in [6, 6.07) is 7.96. The van der Waals surface area contributed by atoms with Gasteiger partial charge in [0.2, 0.25) is 0 Å². The standard InChI is InChI=1S/C20H28N4O2S.HI/c1-4-21-19(23-14-20(2)10-5-11-26-20)22-12-16-13-27-18(24-16)15-6-8-17(25-3)9-7-15;/h6-9,13H,4-5,10-12,14H2,1-3H3,(H2,21,22,23);1H. The van der Waals surface area contributed by atoms with Crippen LogP contribution in [0.2, 0.25) is 0 Å². The van der Waals surface area contributed by atoms with Crippen molar-refractivity contribution in [2.24, 2.45) is 4.99 Å². The highest BCUT2D eigenvalue weighted by atomic mass is 127. The van der Waals surface area contributed by atoms with Crippen LogP contribution in [-0.4, -0.2) is 43.4 Å². The second-order valence-corrected chi connectivity index (χ2v) is 7.68. The van der Waals surface area contributed by atoms with Crippen molar-refractivity contribution in [3.05, 3.63) is 35.3 Å². The largest absolute Gasteiger partial charge is 0.497 e. The molecule has 8 heteroatoms. The lowest BCUT2D eigenvalue weighted by Crippen LogP contribution is -2.45.